The third-order valence-corrected chi connectivity index (χ3v) is 5.31. The van der Waals surface area contributed by atoms with Gasteiger partial charge in [-0.05, 0) is 36.8 Å². The van der Waals surface area contributed by atoms with Crippen LogP contribution < -0.4 is 15.4 Å². The molecule has 10 heteroatoms. The van der Waals surface area contributed by atoms with Crippen LogP contribution in [0.5, 0.6) is 5.88 Å². The van der Waals surface area contributed by atoms with Crippen LogP contribution in [0.15, 0.2) is 41.2 Å². The largest absolute Gasteiger partial charge is 0.469 e. The van der Waals surface area contributed by atoms with Gasteiger partial charge in [0, 0.05) is 46.9 Å². The molecule has 4 rings (SSSR count). The summed E-state index contributed by atoms with van der Waals surface area (Å²) >= 11 is 0. The Kier molecular flexibility index (Phi) is 5.54. The molecule has 1 aliphatic heterocycles. The van der Waals surface area contributed by atoms with Crippen LogP contribution in [0.3, 0.4) is 0 Å². The fourth-order valence-corrected chi connectivity index (χ4v) is 4.00. The monoisotopic (exact) mass is 428 g/mol. The molecule has 1 aromatic carbocycles. The molecule has 0 amide bonds. The van der Waals surface area contributed by atoms with Crippen molar-refractivity contribution in [2.24, 2.45) is 4.36 Å². The van der Waals surface area contributed by atoms with Crippen LogP contribution in [0.2, 0.25) is 0 Å². The topological polar surface area (TPSA) is 122 Å². The third kappa shape index (κ3) is 4.50. The Balaban J connectivity index is 1.71. The molecule has 3 N–H and O–H groups in total. The van der Waals surface area contributed by atoms with Gasteiger partial charge in [-0.1, -0.05) is 0 Å². The van der Waals surface area contributed by atoms with E-state index in [1.807, 2.05) is 19.1 Å². The second kappa shape index (κ2) is 8.13. The number of hydrogen-bond donors (Lipinski definition) is 3. The minimum Gasteiger partial charge on any atom is -0.469 e. The first-order valence-corrected chi connectivity index (χ1v) is 11.8. The van der Waals surface area contributed by atoms with Gasteiger partial charge in [-0.25, -0.2) is 19.2 Å². The molecule has 0 aliphatic carbocycles. The zero-order chi connectivity index (χ0) is 21.3. The Bertz CT molecular complexity index is 1200. The van der Waals surface area contributed by atoms with Crippen LogP contribution in [0.4, 0.5) is 17.2 Å². The number of hydrogen-bond acceptors (Lipinski definition) is 9. The van der Waals surface area contributed by atoms with E-state index in [2.05, 4.69) is 29.9 Å². The summed E-state index contributed by atoms with van der Waals surface area (Å²) in [6.07, 6.45) is 5.34. The lowest BCUT2D eigenvalue weighted by Crippen LogP contribution is -2.30. The number of aliphatic hydroxyl groups is 1. The fraction of sp³-hybridized carbons (Fsp3) is 0.350. The highest BCUT2D eigenvalue weighted by atomic mass is 32.2. The molecule has 0 saturated carbocycles. The highest BCUT2D eigenvalue weighted by molar-refractivity contribution is 7.92. The standard InChI is InChI=1S/C20H24N6O3S/c1-12-7-13(26-30(2,3)28)8-15-18(12)19(24-11-23-15)25-14-5-4-6-22-20(14)29-17-10-21-9-16(17)27/h4-8,11,16-17,21,27H,9-10H2,1-3H3,(H,23,24,25)/t16-,17-/m1/s1. The summed E-state index contributed by atoms with van der Waals surface area (Å²) in [5, 5.41) is 17.2. The molecular formula is C20H24N6O3S. The Hall–Kier alpha value is -2.82. The molecule has 158 valence electrons. The first-order valence-electron chi connectivity index (χ1n) is 9.50. The minimum absolute atomic E-state index is 0.369. The number of fused-ring (bicyclic) bond motifs is 1. The van der Waals surface area contributed by atoms with Crippen molar-refractivity contribution in [2.45, 2.75) is 19.1 Å². The molecule has 1 saturated heterocycles. The van der Waals surface area contributed by atoms with Crippen LogP contribution in [-0.4, -0.2) is 62.1 Å². The Labute approximate surface area is 175 Å². The first-order chi connectivity index (χ1) is 14.3. The summed E-state index contributed by atoms with van der Waals surface area (Å²) in [5.74, 6) is 0.985. The number of ether oxygens (including phenoxy) is 1. The van der Waals surface area contributed by atoms with E-state index < -0.39 is 15.8 Å². The summed E-state index contributed by atoms with van der Waals surface area (Å²) in [7, 11) is -2.28. The van der Waals surface area contributed by atoms with Crippen molar-refractivity contribution in [3.8, 4) is 5.88 Å². The van der Waals surface area contributed by atoms with Gasteiger partial charge in [0.15, 0.2) is 0 Å². The number of pyridine rings is 1. The highest BCUT2D eigenvalue weighted by Gasteiger charge is 2.28. The molecular weight excluding hydrogens is 404 g/mol. The molecule has 1 fully saturated rings. The van der Waals surface area contributed by atoms with Crippen molar-refractivity contribution in [1.82, 2.24) is 20.3 Å². The summed E-state index contributed by atoms with van der Waals surface area (Å²) in [4.78, 5) is 13.1. The van der Waals surface area contributed by atoms with Crippen LogP contribution in [0.25, 0.3) is 10.9 Å². The summed E-state index contributed by atoms with van der Waals surface area (Å²) < 4.78 is 22.3. The fourth-order valence-electron chi connectivity index (χ4n) is 3.39. The molecule has 2 aromatic heterocycles. The van der Waals surface area contributed by atoms with E-state index in [0.717, 1.165) is 10.9 Å². The van der Waals surface area contributed by atoms with E-state index in [0.29, 0.717) is 41.7 Å². The number of nitrogens with zero attached hydrogens (tertiary/aromatic N) is 4. The lowest BCUT2D eigenvalue weighted by Gasteiger charge is -2.18. The Morgan fingerprint density at radius 1 is 1.27 bits per heavy atom. The second-order valence-electron chi connectivity index (χ2n) is 7.51. The average molecular weight is 429 g/mol. The van der Waals surface area contributed by atoms with E-state index in [1.54, 1.807) is 30.8 Å². The smallest absolute Gasteiger partial charge is 0.238 e. The molecule has 0 unspecified atom stereocenters. The van der Waals surface area contributed by atoms with Crippen LogP contribution in [0.1, 0.15) is 5.56 Å². The maximum absolute atomic E-state index is 12.1. The second-order valence-corrected chi connectivity index (χ2v) is 10.1. The van der Waals surface area contributed by atoms with E-state index in [9.17, 15) is 9.32 Å². The maximum atomic E-state index is 12.1. The predicted molar refractivity (Wildman–Crippen MR) is 117 cm³/mol. The lowest BCUT2D eigenvalue weighted by atomic mass is 10.1. The summed E-state index contributed by atoms with van der Waals surface area (Å²) in [5.41, 5.74) is 2.85. The zero-order valence-corrected chi connectivity index (χ0v) is 17.8. The van der Waals surface area contributed by atoms with Crippen LogP contribution >= 0.6 is 0 Å². The number of anilines is 2. The maximum Gasteiger partial charge on any atom is 0.238 e. The van der Waals surface area contributed by atoms with Crippen molar-refractivity contribution in [1.29, 1.82) is 0 Å². The van der Waals surface area contributed by atoms with Crippen molar-refractivity contribution in [2.75, 3.05) is 30.9 Å². The van der Waals surface area contributed by atoms with Gasteiger partial charge in [0.25, 0.3) is 0 Å². The molecule has 0 bridgehead atoms. The van der Waals surface area contributed by atoms with Gasteiger partial charge < -0.3 is 20.5 Å². The molecule has 1 aliphatic rings. The van der Waals surface area contributed by atoms with Crippen molar-refractivity contribution in [3.63, 3.8) is 0 Å². The molecule has 3 aromatic rings. The van der Waals surface area contributed by atoms with Crippen molar-refractivity contribution >= 4 is 37.8 Å². The SMILES string of the molecule is Cc1cc(N=S(C)(C)=O)cc2ncnc(Nc3cccnc3O[C@@H]3CNC[C@H]3O)c12. The van der Waals surface area contributed by atoms with Crippen LogP contribution in [0, 0.1) is 6.92 Å². The number of rotatable bonds is 5. The lowest BCUT2D eigenvalue weighted by molar-refractivity contribution is 0.0712. The molecule has 2 atom stereocenters. The van der Waals surface area contributed by atoms with Gasteiger partial charge in [0.2, 0.25) is 5.88 Å². The predicted octanol–water partition coefficient (Wildman–Crippen LogP) is 2.15. The zero-order valence-electron chi connectivity index (χ0n) is 17.0. The minimum atomic E-state index is -2.28. The number of aromatic nitrogens is 3. The summed E-state index contributed by atoms with van der Waals surface area (Å²) in [6.45, 7) is 2.98. The van der Waals surface area contributed by atoms with Crippen molar-refractivity contribution in [3.05, 3.63) is 42.4 Å². The number of aliphatic hydroxyl groups excluding tert-OH is 1. The molecule has 30 heavy (non-hydrogen) atoms. The first kappa shape index (κ1) is 20.5. The number of benzene rings is 1. The van der Waals surface area contributed by atoms with Gasteiger partial charge >= 0.3 is 0 Å². The summed E-state index contributed by atoms with van der Waals surface area (Å²) in [6, 6.07) is 7.30. The average Bonchev–Trinajstić information content (AvgIpc) is 3.06. The van der Waals surface area contributed by atoms with Gasteiger partial charge in [-0.15, -0.1) is 0 Å². The van der Waals surface area contributed by atoms with Gasteiger partial charge in [-0.2, -0.15) is 4.36 Å². The molecule has 3 heterocycles. The molecule has 9 nitrogen and oxygen atoms in total. The normalized spacial score (nSPS) is 19.1. The van der Waals surface area contributed by atoms with E-state index in [-0.39, 0.29) is 6.10 Å². The van der Waals surface area contributed by atoms with Crippen LogP contribution in [-0.2, 0) is 9.73 Å². The van der Waals surface area contributed by atoms with Gasteiger partial charge in [0.05, 0.1) is 11.2 Å². The quantitative estimate of drug-likeness (QED) is 0.565. The molecule has 0 radical (unpaired) electrons. The number of β-amino-alcohol motifs (C(OH)–C–C–N with tert-alkyl or cyclic N) is 1. The van der Waals surface area contributed by atoms with E-state index in [4.69, 9.17) is 4.74 Å². The molecule has 0 spiro atoms. The van der Waals surface area contributed by atoms with E-state index in [1.165, 1.54) is 6.33 Å². The van der Waals surface area contributed by atoms with Crippen molar-refractivity contribution < 1.29 is 14.1 Å². The van der Waals surface area contributed by atoms with Gasteiger partial charge in [0.1, 0.15) is 30.0 Å². The Morgan fingerprint density at radius 3 is 2.83 bits per heavy atom. The van der Waals surface area contributed by atoms with Gasteiger partial charge in [-0.3, -0.25) is 0 Å². The highest BCUT2D eigenvalue weighted by Crippen LogP contribution is 2.32. The number of aryl methyl sites for hydroxylation is 1. The number of nitrogens with one attached hydrogen (secondary N) is 2. The third-order valence-electron chi connectivity index (χ3n) is 4.66. The Morgan fingerprint density at radius 2 is 2.10 bits per heavy atom. The van der Waals surface area contributed by atoms with E-state index >= 15 is 0 Å².